The van der Waals surface area contributed by atoms with Crippen LogP contribution in [0.3, 0.4) is 0 Å². The van der Waals surface area contributed by atoms with Crippen molar-refractivity contribution in [1.29, 1.82) is 0 Å². The molecule has 3 aromatic rings. The molecule has 1 aromatic carbocycles. The Morgan fingerprint density at radius 3 is 2.64 bits per heavy atom. The fourth-order valence-corrected chi connectivity index (χ4v) is 3.66. The molecule has 0 unspecified atom stereocenters. The van der Waals surface area contributed by atoms with Gasteiger partial charge in [-0.1, -0.05) is 23.2 Å². The van der Waals surface area contributed by atoms with E-state index in [1.54, 1.807) is 30.1 Å². The second-order valence-electron chi connectivity index (χ2n) is 6.55. The smallest absolute Gasteiger partial charge is 0.244 e. The van der Waals surface area contributed by atoms with Gasteiger partial charge in [-0.15, -0.1) is 0 Å². The zero-order chi connectivity index (χ0) is 19.7. The highest BCUT2D eigenvalue weighted by molar-refractivity contribution is 6.32. The lowest BCUT2D eigenvalue weighted by atomic mass is 10.2. The average molecular weight is 420 g/mol. The Morgan fingerprint density at radius 1 is 1.11 bits per heavy atom. The number of hydrogen-bond donors (Lipinski definition) is 0. The first-order valence-electron chi connectivity index (χ1n) is 8.89. The van der Waals surface area contributed by atoms with Crippen LogP contribution in [-0.2, 0) is 11.3 Å². The second kappa shape index (κ2) is 7.85. The first-order valence-corrected chi connectivity index (χ1v) is 9.65. The minimum absolute atomic E-state index is 0.0345. The van der Waals surface area contributed by atoms with Gasteiger partial charge < -0.3 is 14.5 Å². The van der Waals surface area contributed by atoms with E-state index in [1.165, 1.54) is 0 Å². The molecule has 0 N–H and O–H groups in total. The Labute approximate surface area is 172 Å². The van der Waals surface area contributed by atoms with Gasteiger partial charge in [0.15, 0.2) is 0 Å². The van der Waals surface area contributed by atoms with E-state index in [1.807, 2.05) is 23.1 Å². The maximum atomic E-state index is 12.7. The van der Waals surface area contributed by atoms with Crippen LogP contribution in [0.2, 0.25) is 10.2 Å². The summed E-state index contributed by atoms with van der Waals surface area (Å²) in [5.41, 5.74) is 2.44. The van der Waals surface area contributed by atoms with Crippen LogP contribution in [0.25, 0.3) is 11.0 Å². The molecule has 2 aromatic heterocycles. The van der Waals surface area contributed by atoms with E-state index < -0.39 is 0 Å². The van der Waals surface area contributed by atoms with Crippen molar-refractivity contribution in [2.75, 3.05) is 38.2 Å². The SMILES string of the molecule is COc1cc(N2CCN(C(=O)Cn3cc4nc(Cl)ccc4n3)CC2)ccc1Cl. The predicted octanol–water partition coefficient (Wildman–Crippen LogP) is 3.10. The summed E-state index contributed by atoms with van der Waals surface area (Å²) >= 11 is 12.0. The number of piperazine rings is 1. The Bertz CT molecular complexity index is 1010. The Morgan fingerprint density at radius 2 is 1.89 bits per heavy atom. The summed E-state index contributed by atoms with van der Waals surface area (Å²) < 4.78 is 6.91. The Hall–Kier alpha value is -2.51. The Balaban J connectivity index is 1.38. The lowest BCUT2D eigenvalue weighted by Crippen LogP contribution is -2.49. The van der Waals surface area contributed by atoms with Crippen LogP contribution in [0.5, 0.6) is 5.75 Å². The molecule has 1 saturated heterocycles. The zero-order valence-corrected chi connectivity index (χ0v) is 16.8. The van der Waals surface area contributed by atoms with Crippen molar-refractivity contribution < 1.29 is 9.53 Å². The van der Waals surface area contributed by atoms with Crippen LogP contribution < -0.4 is 9.64 Å². The molecule has 0 spiro atoms. The number of anilines is 1. The lowest BCUT2D eigenvalue weighted by Gasteiger charge is -2.36. The van der Waals surface area contributed by atoms with Crippen LogP contribution >= 0.6 is 23.2 Å². The largest absolute Gasteiger partial charge is 0.495 e. The van der Waals surface area contributed by atoms with Crippen molar-refractivity contribution in [2.24, 2.45) is 0 Å². The number of carbonyl (C=O) groups excluding carboxylic acids is 1. The van der Waals surface area contributed by atoms with E-state index in [9.17, 15) is 4.79 Å². The van der Waals surface area contributed by atoms with E-state index in [-0.39, 0.29) is 12.5 Å². The summed E-state index contributed by atoms with van der Waals surface area (Å²) in [6.45, 7) is 2.97. The van der Waals surface area contributed by atoms with Crippen molar-refractivity contribution in [1.82, 2.24) is 19.7 Å². The molecule has 1 fully saturated rings. The number of ether oxygens (including phenoxy) is 1. The highest BCUT2D eigenvalue weighted by Crippen LogP contribution is 2.29. The van der Waals surface area contributed by atoms with Crippen molar-refractivity contribution >= 4 is 45.8 Å². The van der Waals surface area contributed by atoms with E-state index in [2.05, 4.69) is 15.0 Å². The number of carbonyl (C=O) groups is 1. The number of hydrogen-bond acceptors (Lipinski definition) is 5. The van der Waals surface area contributed by atoms with Crippen LogP contribution in [0.4, 0.5) is 5.69 Å². The van der Waals surface area contributed by atoms with Gasteiger partial charge in [-0.3, -0.25) is 9.48 Å². The van der Waals surface area contributed by atoms with E-state index in [4.69, 9.17) is 27.9 Å². The van der Waals surface area contributed by atoms with Crippen molar-refractivity contribution in [3.05, 3.63) is 46.7 Å². The number of fused-ring (bicyclic) bond motifs is 1. The normalized spacial score (nSPS) is 14.5. The van der Waals surface area contributed by atoms with Gasteiger partial charge in [0.25, 0.3) is 0 Å². The number of rotatable bonds is 4. The van der Waals surface area contributed by atoms with E-state index in [0.717, 1.165) is 24.3 Å². The molecule has 28 heavy (non-hydrogen) atoms. The van der Waals surface area contributed by atoms with Gasteiger partial charge in [0.1, 0.15) is 28.5 Å². The molecule has 1 aliphatic heterocycles. The van der Waals surface area contributed by atoms with Gasteiger partial charge in [-0.05, 0) is 24.3 Å². The maximum absolute atomic E-state index is 12.7. The van der Waals surface area contributed by atoms with Gasteiger partial charge in [-0.2, -0.15) is 5.10 Å². The molecule has 9 heteroatoms. The molecule has 0 saturated carbocycles. The summed E-state index contributed by atoms with van der Waals surface area (Å²) in [5, 5.41) is 5.39. The number of pyridine rings is 1. The van der Waals surface area contributed by atoms with E-state index in [0.29, 0.717) is 34.5 Å². The first-order chi connectivity index (χ1) is 13.5. The van der Waals surface area contributed by atoms with Gasteiger partial charge in [-0.25, -0.2) is 4.98 Å². The molecule has 3 heterocycles. The average Bonchev–Trinajstić information content (AvgIpc) is 3.09. The Kier molecular flexibility index (Phi) is 5.28. The van der Waals surface area contributed by atoms with Crippen molar-refractivity contribution in [3.63, 3.8) is 0 Å². The number of aromatic nitrogens is 3. The van der Waals surface area contributed by atoms with Crippen LogP contribution in [-0.4, -0.2) is 58.9 Å². The third kappa shape index (κ3) is 3.86. The summed E-state index contributed by atoms with van der Waals surface area (Å²) in [6.07, 6.45) is 1.75. The topological polar surface area (TPSA) is 63.5 Å². The number of amides is 1. The van der Waals surface area contributed by atoms with Crippen molar-refractivity contribution in [3.8, 4) is 5.75 Å². The molecular formula is C19H19Cl2N5O2. The number of methoxy groups -OCH3 is 1. The van der Waals surface area contributed by atoms with Crippen LogP contribution in [0.15, 0.2) is 36.5 Å². The molecule has 0 atom stereocenters. The maximum Gasteiger partial charge on any atom is 0.244 e. The summed E-state index contributed by atoms with van der Waals surface area (Å²) in [6, 6.07) is 9.21. The molecule has 0 aliphatic carbocycles. The minimum Gasteiger partial charge on any atom is -0.495 e. The number of nitrogens with zero attached hydrogens (tertiary/aromatic N) is 5. The lowest BCUT2D eigenvalue weighted by molar-refractivity contribution is -0.132. The fraction of sp³-hybridized carbons (Fsp3) is 0.316. The highest BCUT2D eigenvalue weighted by Gasteiger charge is 2.22. The van der Waals surface area contributed by atoms with Crippen LogP contribution in [0, 0.1) is 0 Å². The third-order valence-electron chi connectivity index (χ3n) is 4.81. The molecule has 1 amide bonds. The molecule has 0 radical (unpaired) electrons. The number of halogens is 2. The number of benzene rings is 1. The fourth-order valence-electron chi connectivity index (χ4n) is 3.31. The second-order valence-corrected chi connectivity index (χ2v) is 7.35. The predicted molar refractivity (Wildman–Crippen MR) is 109 cm³/mol. The molecular weight excluding hydrogens is 401 g/mol. The molecule has 1 aliphatic rings. The molecule has 146 valence electrons. The van der Waals surface area contributed by atoms with Crippen molar-refractivity contribution in [2.45, 2.75) is 6.54 Å². The van der Waals surface area contributed by atoms with Gasteiger partial charge in [0.05, 0.1) is 18.3 Å². The van der Waals surface area contributed by atoms with Gasteiger partial charge in [0, 0.05) is 37.9 Å². The zero-order valence-electron chi connectivity index (χ0n) is 15.3. The quantitative estimate of drug-likeness (QED) is 0.607. The summed E-state index contributed by atoms with van der Waals surface area (Å²) in [7, 11) is 1.60. The van der Waals surface area contributed by atoms with Gasteiger partial charge >= 0.3 is 0 Å². The first kappa shape index (κ1) is 18.8. The highest BCUT2D eigenvalue weighted by atomic mass is 35.5. The van der Waals surface area contributed by atoms with E-state index >= 15 is 0 Å². The monoisotopic (exact) mass is 419 g/mol. The molecule has 4 rings (SSSR count). The van der Waals surface area contributed by atoms with Crippen LogP contribution in [0.1, 0.15) is 0 Å². The standard InChI is InChI=1S/C19H19Cl2N5O2/c1-28-17-10-13(2-3-14(17)20)24-6-8-25(9-7-24)19(27)12-26-11-16-15(23-26)4-5-18(21)22-16/h2-5,10-11H,6-9,12H2,1H3. The molecule has 7 nitrogen and oxygen atoms in total. The summed E-state index contributed by atoms with van der Waals surface area (Å²) in [4.78, 5) is 20.9. The summed E-state index contributed by atoms with van der Waals surface area (Å²) in [5.74, 6) is 0.685. The van der Waals surface area contributed by atoms with Gasteiger partial charge in [0.2, 0.25) is 5.91 Å². The third-order valence-corrected chi connectivity index (χ3v) is 5.33. The minimum atomic E-state index is 0.0345. The molecule has 0 bridgehead atoms.